The fraction of sp³-hybridized carbons (Fsp3) is 0.438. The van der Waals surface area contributed by atoms with Crippen molar-refractivity contribution in [3.8, 4) is 11.5 Å². The second-order valence-electron chi connectivity index (χ2n) is 5.37. The lowest BCUT2D eigenvalue weighted by Crippen LogP contribution is -2.20. The molecule has 8 nitrogen and oxygen atoms in total. The third-order valence-electron chi connectivity index (χ3n) is 3.74. The average Bonchev–Trinajstić information content (AvgIpc) is 3.14. The highest BCUT2D eigenvalue weighted by Gasteiger charge is 2.15. The van der Waals surface area contributed by atoms with Gasteiger partial charge in [-0.15, -0.1) is 5.10 Å². The molecule has 0 radical (unpaired) electrons. The lowest BCUT2D eigenvalue weighted by Gasteiger charge is -2.13. The van der Waals surface area contributed by atoms with Gasteiger partial charge in [0, 0.05) is 19.2 Å². The van der Waals surface area contributed by atoms with Gasteiger partial charge < -0.3 is 24.8 Å². The molecule has 1 aromatic heterocycles. The van der Waals surface area contributed by atoms with Crippen LogP contribution in [0.3, 0.4) is 0 Å². The third-order valence-corrected chi connectivity index (χ3v) is 3.74. The van der Waals surface area contributed by atoms with E-state index in [-0.39, 0.29) is 6.10 Å². The topological polar surface area (TPSA) is 90.4 Å². The first kappa shape index (κ1) is 16.3. The molecule has 1 aliphatic rings. The molecule has 0 amide bonds. The predicted octanol–water partition coefficient (Wildman–Crippen LogP) is 2.22. The van der Waals surface area contributed by atoms with E-state index in [1.54, 1.807) is 20.4 Å². The zero-order chi connectivity index (χ0) is 16.8. The minimum atomic E-state index is 0.212. The molecule has 1 unspecified atom stereocenters. The van der Waals surface area contributed by atoms with Gasteiger partial charge in [0.05, 0.1) is 32.2 Å². The Morgan fingerprint density at radius 2 is 2.21 bits per heavy atom. The number of ether oxygens (including phenoxy) is 3. The first-order valence-electron chi connectivity index (χ1n) is 7.82. The summed E-state index contributed by atoms with van der Waals surface area (Å²) in [6.45, 7) is 1.50. The number of hydrogen-bond donors (Lipinski definition) is 2. The molecule has 1 saturated heterocycles. The highest BCUT2D eigenvalue weighted by molar-refractivity contribution is 5.66. The number of anilines is 3. The lowest BCUT2D eigenvalue weighted by molar-refractivity contribution is 0.120. The summed E-state index contributed by atoms with van der Waals surface area (Å²) in [5, 5.41) is 14.3. The second-order valence-corrected chi connectivity index (χ2v) is 5.37. The number of nitrogens with zero attached hydrogens (tertiary/aromatic N) is 3. The van der Waals surface area contributed by atoms with Crippen molar-refractivity contribution in [3.63, 3.8) is 0 Å². The Morgan fingerprint density at radius 1 is 1.29 bits per heavy atom. The molecule has 0 aliphatic carbocycles. The van der Waals surface area contributed by atoms with Crippen molar-refractivity contribution in [2.75, 3.05) is 38.0 Å². The van der Waals surface area contributed by atoms with Crippen LogP contribution in [0, 0.1) is 0 Å². The van der Waals surface area contributed by atoms with Crippen molar-refractivity contribution in [3.05, 3.63) is 24.4 Å². The molecule has 8 heteroatoms. The van der Waals surface area contributed by atoms with Gasteiger partial charge in [-0.05, 0) is 25.0 Å². The molecular formula is C16H21N5O3. The molecule has 1 aromatic carbocycles. The fourth-order valence-corrected chi connectivity index (χ4v) is 2.50. The highest BCUT2D eigenvalue weighted by atomic mass is 16.5. The summed E-state index contributed by atoms with van der Waals surface area (Å²) in [5.74, 6) is 2.42. The van der Waals surface area contributed by atoms with Gasteiger partial charge in [0.25, 0.3) is 0 Å². The minimum Gasteiger partial charge on any atom is -0.497 e. The number of aromatic nitrogens is 3. The van der Waals surface area contributed by atoms with Crippen molar-refractivity contribution in [1.29, 1.82) is 0 Å². The van der Waals surface area contributed by atoms with E-state index >= 15 is 0 Å². The van der Waals surface area contributed by atoms with E-state index in [4.69, 9.17) is 14.2 Å². The second kappa shape index (κ2) is 7.78. The SMILES string of the molecule is COc1ccc(OC)c(Nc2cnnc(NCC3CCCO3)n2)c1. The van der Waals surface area contributed by atoms with Crippen LogP contribution >= 0.6 is 0 Å². The third kappa shape index (κ3) is 4.02. The molecule has 1 fully saturated rings. The summed E-state index contributed by atoms with van der Waals surface area (Å²) in [5.41, 5.74) is 0.738. The number of benzene rings is 1. The molecule has 0 saturated carbocycles. The lowest BCUT2D eigenvalue weighted by atomic mass is 10.2. The molecule has 2 heterocycles. The summed E-state index contributed by atoms with van der Waals surface area (Å²) in [6.07, 6.45) is 3.92. The molecule has 0 spiro atoms. The summed E-state index contributed by atoms with van der Waals surface area (Å²) >= 11 is 0. The molecule has 2 aromatic rings. The molecular weight excluding hydrogens is 310 g/mol. The van der Waals surface area contributed by atoms with E-state index < -0.39 is 0 Å². The van der Waals surface area contributed by atoms with Crippen LogP contribution in [0.2, 0.25) is 0 Å². The van der Waals surface area contributed by atoms with Crippen LogP contribution < -0.4 is 20.1 Å². The Balaban J connectivity index is 1.69. The van der Waals surface area contributed by atoms with Gasteiger partial charge >= 0.3 is 0 Å². The van der Waals surface area contributed by atoms with E-state index in [1.807, 2.05) is 18.2 Å². The molecule has 24 heavy (non-hydrogen) atoms. The molecule has 128 valence electrons. The van der Waals surface area contributed by atoms with Crippen LogP contribution in [-0.2, 0) is 4.74 Å². The monoisotopic (exact) mass is 331 g/mol. The van der Waals surface area contributed by atoms with E-state index in [1.165, 1.54) is 0 Å². The predicted molar refractivity (Wildman–Crippen MR) is 90.1 cm³/mol. The normalized spacial score (nSPS) is 16.7. The maximum absolute atomic E-state index is 5.57. The van der Waals surface area contributed by atoms with Crippen LogP contribution in [0.4, 0.5) is 17.5 Å². The van der Waals surface area contributed by atoms with Gasteiger partial charge in [-0.2, -0.15) is 10.1 Å². The first-order chi connectivity index (χ1) is 11.8. The number of nitrogens with one attached hydrogen (secondary N) is 2. The fourth-order valence-electron chi connectivity index (χ4n) is 2.50. The quantitative estimate of drug-likeness (QED) is 0.798. The van der Waals surface area contributed by atoms with Crippen molar-refractivity contribution in [1.82, 2.24) is 15.2 Å². The van der Waals surface area contributed by atoms with E-state index in [0.717, 1.165) is 30.9 Å². The number of methoxy groups -OCH3 is 2. The van der Waals surface area contributed by atoms with Gasteiger partial charge in [0.2, 0.25) is 5.95 Å². The first-order valence-corrected chi connectivity index (χ1v) is 7.82. The zero-order valence-electron chi connectivity index (χ0n) is 13.8. The molecule has 2 N–H and O–H groups in total. The van der Waals surface area contributed by atoms with Crippen LogP contribution in [-0.4, -0.2) is 48.7 Å². The Bertz CT molecular complexity index is 677. The van der Waals surface area contributed by atoms with Crippen molar-refractivity contribution >= 4 is 17.5 Å². The van der Waals surface area contributed by atoms with E-state index in [0.29, 0.717) is 24.1 Å². The van der Waals surface area contributed by atoms with E-state index in [2.05, 4.69) is 25.8 Å². The minimum absolute atomic E-state index is 0.212. The van der Waals surface area contributed by atoms with E-state index in [9.17, 15) is 0 Å². The molecule has 0 bridgehead atoms. The van der Waals surface area contributed by atoms with Crippen LogP contribution in [0.15, 0.2) is 24.4 Å². The Kier molecular flexibility index (Phi) is 5.27. The van der Waals surface area contributed by atoms with Crippen molar-refractivity contribution in [2.45, 2.75) is 18.9 Å². The molecule has 1 atom stereocenters. The van der Waals surface area contributed by atoms with Crippen LogP contribution in [0.25, 0.3) is 0 Å². The molecule has 3 rings (SSSR count). The zero-order valence-corrected chi connectivity index (χ0v) is 13.8. The maximum Gasteiger partial charge on any atom is 0.244 e. The Labute approximate surface area is 140 Å². The Morgan fingerprint density at radius 3 is 2.96 bits per heavy atom. The van der Waals surface area contributed by atoms with Gasteiger partial charge in [0.15, 0.2) is 5.82 Å². The van der Waals surface area contributed by atoms with Gasteiger partial charge in [0.1, 0.15) is 11.5 Å². The van der Waals surface area contributed by atoms with Gasteiger partial charge in [-0.25, -0.2) is 0 Å². The molecule has 1 aliphatic heterocycles. The smallest absolute Gasteiger partial charge is 0.244 e. The number of hydrogen-bond acceptors (Lipinski definition) is 8. The van der Waals surface area contributed by atoms with Gasteiger partial charge in [-0.1, -0.05) is 0 Å². The maximum atomic E-state index is 5.57. The standard InChI is InChI=1S/C16H21N5O3/c1-22-11-5-6-14(23-2)13(8-11)19-15-10-18-21-16(20-15)17-9-12-4-3-7-24-12/h5-6,8,10,12H,3-4,7,9H2,1-2H3,(H2,17,19,20,21). The Hall–Kier alpha value is -2.61. The summed E-state index contributed by atoms with van der Waals surface area (Å²) < 4.78 is 16.2. The average molecular weight is 331 g/mol. The van der Waals surface area contributed by atoms with Crippen molar-refractivity contribution in [2.24, 2.45) is 0 Å². The summed E-state index contributed by atoms with van der Waals surface area (Å²) in [4.78, 5) is 4.41. The number of rotatable bonds is 7. The van der Waals surface area contributed by atoms with Crippen molar-refractivity contribution < 1.29 is 14.2 Å². The largest absolute Gasteiger partial charge is 0.497 e. The van der Waals surface area contributed by atoms with Crippen LogP contribution in [0.5, 0.6) is 11.5 Å². The highest BCUT2D eigenvalue weighted by Crippen LogP contribution is 2.30. The van der Waals surface area contributed by atoms with Crippen LogP contribution in [0.1, 0.15) is 12.8 Å². The summed E-state index contributed by atoms with van der Waals surface area (Å²) in [6, 6.07) is 5.49. The van der Waals surface area contributed by atoms with Gasteiger partial charge in [-0.3, -0.25) is 0 Å². The summed E-state index contributed by atoms with van der Waals surface area (Å²) in [7, 11) is 3.23.